The summed E-state index contributed by atoms with van der Waals surface area (Å²) in [5.41, 5.74) is 1.68. The Balaban J connectivity index is 1.27. The fraction of sp³-hybridized carbons (Fsp3) is 0.435. The van der Waals surface area contributed by atoms with E-state index in [0.29, 0.717) is 11.7 Å². The van der Waals surface area contributed by atoms with Crippen molar-refractivity contribution in [1.82, 2.24) is 20.0 Å². The van der Waals surface area contributed by atoms with Gasteiger partial charge in [-0.2, -0.15) is 4.98 Å². The zero-order valence-corrected chi connectivity index (χ0v) is 17.7. The first-order valence-electron chi connectivity index (χ1n) is 10.6. The predicted octanol–water partition coefficient (Wildman–Crippen LogP) is 4.34. The zero-order chi connectivity index (χ0) is 20.8. The van der Waals surface area contributed by atoms with Crippen LogP contribution in [-0.4, -0.2) is 53.3 Å². The molecular formula is C23H29N5O2. The van der Waals surface area contributed by atoms with Gasteiger partial charge in [-0.25, -0.2) is 4.98 Å². The van der Waals surface area contributed by atoms with Crippen LogP contribution in [0.5, 0.6) is 5.75 Å². The third-order valence-corrected chi connectivity index (χ3v) is 5.62. The molecule has 1 N–H and O–H groups in total. The van der Waals surface area contributed by atoms with E-state index in [1.54, 1.807) is 13.3 Å². The molecule has 0 bridgehead atoms. The number of piperidine rings is 1. The smallest absolute Gasteiger partial charge is 0.259 e. The average Bonchev–Trinajstić information content (AvgIpc) is 3.29. The maximum Gasteiger partial charge on any atom is 0.259 e. The molecule has 0 unspecified atom stereocenters. The second-order valence-corrected chi connectivity index (χ2v) is 7.89. The summed E-state index contributed by atoms with van der Waals surface area (Å²) >= 11 is 0. The Hall–Kier alpha value is -2.93. The Bertz CT molecular complexity index is 916. The van der Waals surface area contributed by atoms with Gasteiger partial charge in [-0.05, 0) is 81.2 Å². The summed E-state index contributed by atoms with van der Waals surface area (Å²) < 4.78 is 10.6. The molecular weight excluding hydrogens is 378 g/mol. The van der Waals surface area contributed by atoms with Gasteiger partial charge in [0, 0.05) is 18.3 Å². The minimum atomic E-state index is 0.458. The van der Waals surface area contributed by atoms with Crippen molar-refractivity contribution in [3.05, 3.63) is 42.6 Å². The number of benzene rings is 1. The minimum absolute atomic E-state index is 0.458. The number of nitrogens with one attached hydrogen (secondary N) is 1. The van der Waals surface area contributed by atoms with Crippen molar-refractivity contribution in [2.45, 2.75) is 26.2 Å². The van der Waals surface area contributed by atoms with Gasteiger partial charge in [-0.3, -0.25) is 0 Å². The van der Waals surface area contributed by atoms with Crippen LogP contribution in [0.25, 0.3) is 22.8 Å². The molecule has 0 amide bonds. The zero-order valence-electron chi connectivity index (χ0n) is 17.7. The lowest BCUT2D eigenvalue weighted by Crippen LogP contribution is -2.34. The molecule has 4 rings (SSSR count). The predicted molar refractivity (Wildman–Crippen MR) is 117 cm³/mol. The second kappa shape index (κ2) is 9.71. The first kappa shape index (κ1) is 20.3. The molecule has 1 saturated heterocycles. The summed E-state index contributed by atoms with van der Waals surface area (Å²) in [6, 6.07) is 11.5. The van der Waals surface area contributed by atoms with Crippen LogP contribution in [0, 0.1) is 5.92 Å². The van der Waals surface area contributed by atoms with Crippen LogP contribution in [0.4, 0.5) is 5.82 Å². The number of hydrogen-bond donors (Lipinski definition) is 1. The van der Waals surface area contributed by atoms with E-state index in [4.69, 9.17) is 9.26 Å². The van der Waals surface area contributed by atoms with Crippen molar-refractivity contribution in [2.75, 3.05) is 38.6 Å². The second-order valence-electron chi connectivity index (χ2n) is 7.89. The average molecular weight is 408 g/mol. The summed E-state index contributed by atoms with van der Waals surface area (Å²) in [5, 5.41) is 7.47. The monoisotopic (exact) mass is 407 g/mol. The van der Waals surface area contributed by atoms with E-state index >= 15 is 0 Å². The summed E-state index contributed by atoms with van der Waals surface area (Å²) in [4.78, 5) is 11.5. The van der Waals surface area contributed by atoms with Gasteiger partial charge in [-0.1, -0.05) is 12.1 Å². The molecule has 1 aromatic carbocycles. The molecule has 30 heavy (non-hydrogen) atoms. The van der Waals surface area contributed by atoms with E-state index in [0.717, 1.165) is 48.1 Å². The van der Waals surface area contributed by atoms with Crippen molar-refractivity contribution in [3.63, 3.8) is 0 Å². The van der Waals surface area contributed by atoms with Crippen LogP contribution in [-0.2, 0) is 0 Å². The van der Waals surface area contributed by atoms with Crippen LogP contribution < -0.4 is 10.1 Å². The maximum absolute atomic E-state index is 5.42. The molecule has 7 nitrogen and oxygen atoms in total. The van der Waals surface area contributed by atoms with E-state index in [9.17, 15) is 0 Å². The van der Waals surface area contributed by atoms with Crippen LogP contribution in [0.2, 0.25) is 0 Å². The normalized spacial score (nSPS) is 15.3. The van der Waals surface area contributed by atoms with Gasteiger partial charge in [0.25, 0.3) is 5.89 Å². The van der Waals surface area contributed by atoms with Gasteiger partial charge in [0.05, 0.1) is 12.7 Å². The standard InChI is InChI=1S/C23H29N5O2/c1-17-10-14-28(15-11-17)13-3-12-24-21-9-6-19(16-25-21)23-26-22(27-30-23)18-4-7-20(29-2)8-5-18/h4-9,16-17H,3,10-15H2,1-2H3,(H,24,25). The molecule has 7 heteroatoms. The molecule has 0 radical (unpaired) electrons. The first-order valence-corrected chi connectivity index (χ1v) is 10.6. The Labute approximate surface area is 177 Å². The third kappa shape index (κ3) is 5.16. The van der Waals surface area contributed by atoms with E-state index in [1.807, 2.05) is 36.4 Å². The maximum atomic E-state index is 5.42. The van der Waals surface area contributed by atoms with Crippen LogP contribution in [0.3, 0.4) is 0 Å². The van der Waals surface area contributed by atoms with Gasteiger partial charge >= 0.3 is 0 Å². The molecule has 1 fully saturated rings. The molecule has 158 valence electrons. The highest BCUT2D eigenvalue weighted by Gasteiger charge is 2.15. The van der Waals surface area contributed by atoms with E-state index < -0.39 is 0 Å². The van der Waals surface area contributed by atoms with Crippen molar-refractivity contribution in [1.29, 1.82) is 0 Å². The number of aromatic nitrogens is 3. The molecule has 0 aliphatic carbocycles. The summed E-state index contributed by atoms with van der Waals surface area (Å²) in [5.74, 6) is 3.54. The molecule has 1 aliphatic rings. The summed E-state index contributed by atoms with van der Waals surface area (Å²) in [7, 11) is 1.64. The number of likely N-dealkylation sites (tertiary alicyclic amines) is 1. The Morgan fingerprint density at radius 2 is 1.87 bits per heavy atom. The van der Waals surface area contributed by atoms with Crippen LogP contribution >= 0.6 is 0 Å². The number of methoxy groups -OCH3 is 1. The number of ether oxygens (including phenoxy) is 1. The van der Waals surface area contributed by atoms with E-state index in [-0.39, 0.29) is 0 Å². The molecule has 0 saturated carbocycles. The lowest BCUT2D eigenvalue weighted by Gasteiger charge is -2.30. The highest BCUT2D eigenvalue weighted by Crippen LogP contribution is 2.24. The Morgan fingerprint density at radius 1 is 1.10 bits per heavy atom. The number of rotatable bonds is 8. The third-order valence-electron chi connectivity index (χ3n) is 5.62. The quantitative estimate of drug-likeness (QED) is 0.557. The lowest BCUT2D eigenvalue weighted by atomic mass is 9.99. The van der Waals surface area contributed by atoms with Gasteiger partial charge < -0.3 is 19.5 Å². The van der Waals surface area contributed by atoms with Gasteiger partial charge in [0.1, 0.15) is 11.6 Å². The van der Waals surface area contributed by atoms with Gasteiger partial charge in [0.15, 0.2) is 0 Å². The number of pyridine rings is 1. The number of nitrogens with zero attached hydrogens (tertiary/aromatic N) is 4. The fourth-order valence-corrected chi connectivity index (χ4v) is 3.63. The van der Waals surface area contributed by atoms with Gasteiger partial charge in [-0.15, -0.1) is 0 Å². The van der Waals surface area contributed by atoms with Crippen LogP contribution in [0.1, 0.15) is 26.2 Å². The topological polar surface area (TPSA) is 76.3 Å². The van der Waals surface area contributed by atoms with Crippen LogP contribution in [0.15, 0.2) is 47.1 Å². The number of hydrogen-bond acceptors (Lipinski definition) is 7. The largest absolute Gasteiger partial charge is 0.497 e. The highest BCUT2D eigenvalue weighted by atomic mass is 16.5. The lowest BCUT2D eigenvalue weighted by molar-refractivity contribution is 0.192. The SMILES string of the molecule is COc1ccc(-c2noc(-c3ccc(NCCCN4CCC(C)CC4)nc3)n2)cc1. The van der Waals surface area contributed by atoms with Crippen molar-refractivity contribution in [2.24, 2.45) is 5.92 Å². The summed E-state index contributed by atoms with van der Waals surface area (Å²) in [6.07, 6.45) is 5.53. The Kier molecular flexibility index (Phi) is 6.59. The molecule has 2 aromatic heterocycles. The van der Waals surface area contributed by atoms with E-state index in [2.05, 4.69) is 32.3 Å². The van der Waals surface area contributed by atoms with Crippen molar-refractivity contribution < 1.29 is 9.26 Å². The summed E-state index contributed by atoms with van der Waals surface area (Å²) in [6.45, 7) is 6.88. The molecule has 3 heterocycles. The Morgan fingerprint density at radius 3 is 2.57 bits per heavy atom. The van der Waals surface area contributed by atoms with E-state index in [1.165, 1.54) is 25.9 Å². The minimum Gasteiger partial charge on any atom is -0.497 e. The molecule has 0 spiro atoms. The highest BCUT2D eigenvalue weighted by molar-refractivity contribution is 5.60. The molecule has 1 aliphatic heterocycles. The molecule has 0 atom stereocenters. The van der Waals surface area contributed by atoms with Crippen molar-refractivity contribution in [3.8, 4) is 28.6 Å². The first-order chi connectivity index (χ1) is 14.7. The number of anilines is 1. The van der Waals surface area contributed by atoms with Gasteiger partial charge in [0.2, 0.25) is 5.82 Å². The van der Waals surface area contributed by atoms with Crippen molar-refractivity contribution >= 4 is 5.82 Å². The molecule has 3 aromatic rings. The fourth-order valence-electron chi connectivity index (χ4n) is 3.63.